The molecule has 0 aliphatic heterocycles. The van der Waals surface area contributed by atoms with Crippen molar-refractivity contribution in [2.45, 2.75) is 18.6 Å². The number of aliphatic hydroxyl groups is 2. The number of nitrogens with zero attached hydrogens (tertiary/aromatic N) is 1. The van der Waals surface area contributed by atoms with Crippen molar-refractivity contribution >= 4 is 13.3 Å². The molecule has 84 valence electrons. The van der Waals surface area contributed by atoms with Gasteiger partial charge in [-0.25, -0.2) is 0 Å². The van der Waals surface area contributed by atoms with Crippen LogP contribution in [0.25, 0.3) is 0 Å². The molecule has 2 atom stereocenters. The Hall–Kier alpha value is -1.33. The Morgan fingerprint density at radius 1 is 1.38 bits per heavy atom. The molecule has 0 aliphatic carbocycles. The van der Waals surface area contributed by atoms with Gasteiger partial charge in [-0.1, -0.05) is 0 Å². The van der Waals surface area contributed by atoms with Crippen molar-refractivity contribution in [1.82, 2.24) is 0 Å². The molecule has 0 fully saturated rings. The predicted octanol–water partition coefficient (Wildman–Crippen LogP) is 0.0289. The molecule has 1 rings (SSSR count). The molecule has 5 heteroatoms. The van der Waals surface area contributed by atoms with Crippen molar-refractivity contribution in [3.63, 3.8) is 0 Å². The molecule has 0 radical (unpaired) electrons. The fourth-order valence-electron chi connectivity index (χ4n) is 1.41. The van der Waals surface area contributed by atoms with Gasteiger partial charge in [0.05, 0.1) is 0 Å². The summed E-state index contributed by atoms with van der Waals surface area (Å²) in [7, 11) is 0.558. The van der Waals surface area contributed by atoms with Crippen LogP contribution < -0.4 is 0 Å². The first-order valence-electron chi connectivity index (χ1n) is 5.07. The third kappa shape index (κ3) is 4.04. The van der Waals surface area contributed by atoms with Gasteiger partial charge in [0.25, 0.3) is 0 Å². The fraction of sp³-hybridized carbons (Fsp3) is 0.364. The van der Waals surface area contributed by atoms with E-state index in [1.807, 2.05) is 30.3 Å². The second-order valence-corrected chi connectivity index (χ2v) is 3.44. The van der Waals surface area contributed by atoms with Crippen LogP contribution in [-0.4, -0.2) is 42.2 Å². The van der Waals surface area contributed by atoms with Crippen LogP contribution in [0.5, 0.6) is 0 Å². The van der Waals surface area contributed by atoms with Crippen molar-refractivity contribution in [1.29, 1.82) is 0 Å². The summed E-state index contributed by atoms with van der Waals surface area (Å²) in [6.45, 7) is -0.367. The van der Waals surface area contributed by atoms with Crippen molar-refractivity contribution < 1.29 is 14.9 Å². The molecule has 0 spiro atoms. The van der Waals surface area contributed by atoms with E-state index in [0.717, 1.165) is 11.7 Å². The molecule has 0 amide bonds. The number of hydrogen-bond donors (Lipinski definition) is 2. The van der Waals surface area contributed by atoms with Crippen molar-refractivity contribution in [3.05, 3.63) is 35.9 Å². The van der Waals surface area contributed by atoms with Gasteiger partial charge in [-0.05, 0) is 0 Å². The van der Waals surface area contributed by atoms with Crippen LogP contribution in [0.1, 0.15) is 5.56 Å². The fourth-order valence-corrected chi connectivity index (χ4v) is 1.41. The van der Waals surface area contributed by atoms with E-state index in [-0.39, 0.29) is 6.61 Å². The van der Waals surface area contributed by atoms with Gasteiger partial charge >= 0.3 is 94.2 Å². The molecular weight excluding hydrogens is 205 g/mol. The number of benzene rings is 1. The summed E-state index contributed by atoms with van der Waals surface area (Å²) in [4.78, 5) is 3.91. The summed E-state index contributed by atoms with van der Waals surface area (Å²) in [5.41, 5.74) is 1.00. The third-order valence-electron chi connectivity index (χ3n) is 2.26. The van der Waals surface area contributed by atoms with E-state index in [9.17, 15) is 9.81 Å². The Labute approximate surface area is 94.9 Å². The van der Waals surface area contributed by atoms with Gasteiger partial charge in [0.1, 0.15) is 0 Å². The van der Waals surface area contributed by atoms with Gasteiger partial charge in [0, 0.05) is 0 Å². The summed E-state index contributed by atoms with van der Waals surface area (Å²) in [6.07, 6.45) is 0.649. The van der Waals surface area contributed by atoms with E-state index in [4.69, 9.17) is 5.11 Å². The van der Waals surface area contributed by atoms with E-state index >= 15 is 0 Å². The molecule has 2 N–H and O–H groups in total. The maximum absolute atomic E-state index is 10.2. The standard InChI is InChI=1S/C11H14BNO3/c14-7-11(15)10(13-8-12-16)6-9-4-2-1-3-5-9/h1-5,8,10-11,14-15H,6-7H2/t10-,11?/m0/s1. The minimum absolute atomic E-state index is 0.367. The Balaban J connectivity index is 2.70. The third-order valence-corrected chi connectivity index (χ3v) is 2.26. The monoisotopic (exact) mass is 219 g/mol. The Morgan fingerprint density at radius 2 is 2.06 bits per heavy atom. The van der Waals surface area contributed by atoms with Crippen molar-refractivity contribution in [2.24, 2.45) is 4.99 Å². The van der Waals surface area contributed by atoms with Crippen LogP contribution in [0.4, 0.5) is 0 Å². The SMILES string of the molecule is O=BC=N[C@@H](Cc1ccccc1)C(O)CO. The van der Waals surface area contributed by atoms with Gasteiger partial charge in [0.15, 0.2) is 0 Å². The summed E-state index contributed by atoms with van der Waals surface area (Å²) < 4.78 is 10.2. The topological polar surface area (TPSA) is 69.9 Å². The summed E-state index contributed by atoms with van der Waals surface area (Å²) in [6, 6.07) is 9.01. The van der Waals surface area contributed by atoms with E-state index in [2.05, 4.69) is 4.99 Å². The zero-order valence-electron chi connectivity index (χ0n) is 8.86. The molecule has 0 saturated heterocycles. The average molecular weight is 219 g/mol. The number of hydrogen-bond acceptors (Lipinski definition) is 4. The van der Waals surface area contributed by atoms with Gasteiger partial charge in [-0.3, -0.25) is 0 Å². The van der Waals surface area contributed by atoms with Crippen LogP contribution in [0, 0.1) is 0 Å². The van der Waals surface area contributed by atoms with Crippen LogP contribution >= 0.6 is 0 Å². The van der Waals surface area contributed by atoms with Crippen LogP contribution in [0.15, 0.2) is 35.3 Å². The quantitative estimate of drug-likeness (QED) is 0.523. The molecule has 1 aromatic carbocycles. The first kappa shape index (κ1) is 12.7. The van der Waals surface area contributed by atoms with Crippen LogP contribution in [0.3, 0.4) is 0 Å². The number of aliphatic hydroxyl groups excluding tert-OH is 2. The number of rotatable bonds is 6. The minimum atomic E-state index is -0.948. The number of aliphatic imine (C=N–C) groups is 1. The molecule has 16 heavy (non-hydrogen) atoms. The summed E-state index contributed by atoms with van der Waals surface area (Å²) in [5.74, 6) is 0. The van der Waals surface area contributed by atoms with Gasteiger partial charge < -0.3 is 0 Å². The molecule has 1 aromatic rings. The Kier molecular flexibility index (Phi) is 5.60. The molecule has 0 aliphatic rings. The van der Waals surface area contributed by atoms with Gasteiger partial charge in [-0.2, -0.15) is 0 Å². The van der Waals surface area contributed by atoms with Crippen LogP contribution in [0.2, 0.25) is 0 Å². The maximum atomic E-state index is 10.2. The zero-order valence-corrected chi connectivity index (χ0v) is 8.86. The molecule has 1 unspecified atom stereocenters. The van der Waals surface area contributed by atoms with Crippen LogP contribution in [-0.2, 0) is 11.1 Å². The molecule has 0 aromatic heterocycles. The van der Waals surface area contributed by atoms with E-state index in [1.165, 1.54) is 0 Å². The Morgan fingerprint density at radius 3 is 2.62 bits per heavy atom. The second-order valence-electron chi connectivity index (χ2n) is 3.44. The van der Waals surface area contributed by atoms with Gasteiger partial charge in [0.2, 0.25) is 0 Å². The first-order valence-corrected chi connectivity index (χ1v) is 5.07. The molecule has 0 heterocycles. The van der Waals surface area contributed by atoms with E-state index in [0.29, 0.717) is 13.6 Å². The normalized spacial score (nSPS) is 14.6. The van der Waals surface area contributed by atoms with E-state index < -0.39 is 12.1 Å². The first-order chi connectivity index (χ1) is 7.77. The summed E-state index contributed by atoms with van der Waals surface area (Å²) >= 11 is 0. The van der Waals surface area contributed by atoms with E-state index in [1.54, 1.807) is 0 Å². The zero-order chi connectivity index (χ0) is 11.8. The summed E-state index contributed by atoms with van der Waals surface area (Å²) in [5, 5.41) is 18.4. The average Bonchev–Trinajstić information content (AvgIpc) is 2.34. The van der Waals surface area contributed by atoms with Crippen molar-refractivity contribution in [3.8, 4) is 0 Å². The molecule has 0 saturated carbocycles. The second kappa shape index (κ2) is 7.03. The molecule has 0 bridgehead atoms. The molecular formula is C11H14BNO3. The molecule has 4 nitrogen and oxygen atoms in total. The van der Waals surface area contributed by atoms with Gasteiger partial charge in [-0.15, -0.1) is 0 Å². The Bertz CT molecular complexity index is 342. The predicted molar refractivity (Wildman–Crippen MR) is 62.0 cm³/mol. The van der Waals surface area contributed by atoms with Crippen molar-refractivity contribution in [2.75, 3.05) is 6.61 Å².